The van der Waals surface area contributed by atoms with Gasteiger partial charge in [0, 0.05) is 6.54 Å². The second kappa shape index (κ2) is 5.55. The van der Waals surface area contributed by atoms with Crippen molar-refractivity contribution >= 4 is 6.08 Å². The van der Waals surface area contributed by atoms with E-state index < -0.39 is 0 Å². The number of halogens is 1. The van der Waals surface area contributed by atoms with Crippen LogP contribution in [0.25, 0.3) is 6.08 Å². The normalized spacial score (nSPS) is 11.1. The molecule has 0 heterocycles. The van der Waals surface area contributed by atoms with E-state index in [2.05, 4.69) is 12.2 Å². The van der Waals surface area contributed by atoms with Crippen LogP contribution in [0.4, 0.5) is 4.39 Å². The fraction of sp³-hybridized carbons (Fsp3) is 0.333. The summed E-state index contributed by atoms with van der Waals surface area (Å²) >= 11 is 0. The van der Waals surface area contributed by atoms with Crippen LogP contribution in [0, 0.1) is 12.7 Å². The van der Waals surface area contributed by atoms with Gasteiger partial charge >= 0.3 is 0 Å². The predicted molar refractivity (Wildman–Crippen MR) is 58.7 cm³/mol. The summed E-state index contributed by atoms with van der Waals surface area (Å²) in [7, 11) is 0. The van der Waals surface area contributed by atoms with E-state index in [9.17, 15) is 4.39 Å². The van der Waals surface area contributed by atoms with Crippen molar-refractivity contribution < 1.29 is 4.39 Å². The highest BCUT2D eigenvalue weighted by Gasteiger charge is 1.95. The van der Waals surface area contributed by atoms with Crippen molar-refractivity contribution in [2.75, 3.05) is 13.1 Å². The van der Waals surface area contributed by atoms with Crippen LogP contribution in [-0.4, -0.2) is 13.1 Å². The number of benzene rings is 1. The maximum Gasteiger partial charge on any atom is 0.123 e. The van der Waals surface area contributed by atoms with Crippen LogP contribution in [0.15, 0.2) is 24.3 Å². The molecule has 0 amide bonds. The zero-order valence-corrected chi connectivity index (χ0v) is 8.68. The molecule has 0 bridgehead atoms. The van der Waals surface area contributed by atoms with Gasteiger partial charge in [0.2, 0.25) is 0 Å². The molecule has 76 valence electrons. The predicted octanol–water partition coefficient (Wildman–Crippen LogP) is 2.76. The molecule has 0 radical (unpaired) electrons. The standard InChI is InChI=1S/C12H16FN/c1-3-14-8-4-5-11-9-12(13)7-6-10(11)2/h4-7,9,14H,3,8H2,1-2H3/b5-4+. The molecule has 1 aromatic carbocycles. The molecule has 0 aliphatic rings. The van der Waals surface area contributed by atoms with Crippen LogP contribution in [0.2, 0.25) is 0 Å². The van der Waals surface area contributed by atoms with Gasteiger partial charge in [-0.15, -0.1) is 0 Å². The Hall–Kier alpha value is -1.15. The monoisotopic (exact) mass is 193 g/mol. The summed E-state index contributed by atoms with van der Waals surface area (Å²) in [5.41, 5.74) is 2.04. The Morgan fingerprint density at radius 2 is 2.21 bits per heavy atom. The van der Waals surface area contributed by atoms with Crippen LogP contribution in [0.3, 0.4) is 0 Å². The summed E-state index contributed by atoms with van der Waals surface area (Å²) in [6, 6.07) is 4.83. The molecule has 1 aromatic rings. The molecule has 0 saturated carbocycles. The molecule has 14 heavy (non-hydrogen) atoms. The smallest absolute Gasteiger partial charge is 0.123 e. The van der Waals surface area contributed by atoms with Gasteiger partial charge in [-0.25, -0.2) is 4.39 Å². The van der Waals surface area contributed by atoms with E-state index in [1.165, 1.54) is 6.07 Å². The van der Waals surface area contributed by atoms with E-state index in [-0.39, 0.29) is 5.82 Å². The van der Waals surface area contributed by atoms with Crippen LogP contribution in [0.5, 0.6) is 0 Å². The third-order valence-corrected chi connectivity index (χ3v) is 2.05. The van der Waals surface area contributed by atoms with Gasteiger partial charge in [0.05, 0.1) is 0 Å². The molecule has 0 aliphatic carbocycles. The second-order valence-corrected chi connectivity index (χ2v) is 3.21. The first-order valence-corrected chi connectivity index (χ1v) is 4.87. The molecule has 2 heteroatoms. The molecule has 0 spiro atoms. The molecule has 0 unspecified atom stereocenters. The Morgan fingerprint density at radius 1 is 1.43 bits per heavy atom. The van der Waals surface area contributed by atoms with Crippen molar-refractivity contribution in [1.29, 1.82) is 0 Å². The minimum atomic E-state index is -0.182. The average molecular weight is 193 g/mol. The van der Waals surface area contributed by atoms with Gasteiger partial charge in [-0.05, 0) is 36.7 Å². The van der Waals surface area contributed by atoms with E-state index in [0.29, 0.717) is 0 Å². The van der Waals surface area contributed by atoms with Gasteiger partial charge in [-0.1, -0.05) is 25.1 Å². The zero-order chi connectivity index (χ0) is 10.4. The Bertz CT molecular complexity index is 318. The van der Waals surface area contributed by atoms with Crippen molar-refractivity contribution in [1.82, 2.24) is 5.32 Å². The van der Waals surface area contributed by atoms with Crippen molar-refractivity contribution in [3.63, 3.8) is 0 Å². The topological polar surface area (TPSA) is 12.0 Å². The number of hydrogen-bond donors (Lipinski definition) is 1. The maximum atomic E-state index is 12.9. The minimum Gasteiger partial charge on any atom is -0.314 e. The molecule has 0 aliphatic heterocycles. The largest absolute Gasteiger partial charge is 0.314 e. The molecule has 0 saturated heterocycles. The third kappa shape index (κ3) is 3.30. The summed E-state index contributed by atoms with van der Waals surface area (Å²) in [5, 5.41) is 3.17. The number of aryl methyl sites for hydroxylation is 1. The number of hydrogen-bond acceptors (Lipinski definition) is 1. The molecular weight excluding hydrogens is 177 g/mol. The number of rotatable bonds is 4. The van der Waals surface area contributed by atoms with Crippen molar-refractivity contribution in [2.45, 2.75) is 13.8 Å². The first kappa shape index (κ1) is 10.9. The third-order valence-electron chi connectivity index (χ3n) is 2.05. The summed E-state index contributed by atoms with van der Waals surface area (Å²) in [5.74, 6) is -0.182. The number of nitrogens with one attached hydrogen (secondary N) is 1. The van der Waals surface area contributed by atoms with E-state index in [4.69, 9.17) is 0 Å². The Balaban J connectivity index is 2.65. The van der Waals surface area contributed by atoms with Crippen molar-refractivity contribution in [2.24, 2.45) is 0 Å². The lowest BCUT2D eigenvalue weighted by molar-refractivity contribution is 0.627. The lowest BCUT2D eigenvalue weighted by Crippen LogP contribution is -2.11. The van der Waals surface area contributed by atoms with E-state index in [0.717, 1.165) is 24.2 Å². The Morgan fingerprint density at radius 3 is 2.93 bits per heavy atom. The van der Waals surface area contributed by atoms with Crippen LogP contribution in [-0.2, 0) is 0 Å². The SMILES string of the molecule is CCNC/C=C/c1cc(F)ccc1C. The highest BCUT2D eigenvalue weighted by Crippen LogP contribution is 2.11. The van der Waals surface area contributed by atoms with E-state index >= 15 is 0 Å². The van der Waals surface area contributed by atoms with E-state index in [1.807, 2.05) is 19.1 Å². The molecule has 0 fully saturated rings. The number of likely N-dealkylation sites (N-methyl/N-ethyl adjacent to an activating group) is 1. The summed E-state index contributed by atoms with van der Waals surface area (Å²) in [6.45, 7) is 5.81. The molecule has 1 rings (SSSR count). The van der Waals surface area contributed by atoms with Gasteiger partial charge in [0.15, 0.2) is 0 Å². The van der Waals surface area contributed by atoms with E-state index in [1.54, 1.807) is 12.1 Å². The van der Waals surface area contributed by atoms with Gasteiger partial charge < -0.3 is 5.32 Å². The summed E-state index contributed by atoms with van der Waals surface area (Å²) in [6.07, 6.45) is 3.95. The quantitative estimate of drug-likeness (QED) is 0.725. The summed E-state index contributed by atoms with van der Waals surface area (Å²) < 4.78 is 12.9. The summed E-state index contributed by atoms with van der Waals surface area (Å²) in [4.78, 5) is 0. The maximum absolute atomic E-state index is 12.9. The first-order valence-electron chi connectivity index (χ1n) is 4.87. The highest BCUT2D eigenvalue weighted by atomic mass is 19.1. The molecule has 0 atom stereocenters. The molecular formula is C12H16FN. The molecule has 1 nitrogen and oxygen atoms in total. The van der Waals surface area contributed by atoms with Gasteiger partial charge in [-0.3, -0.25) is 0 Å². The highest BCUT2D eigenvalue weighted by molar-refractivity contribution is 5.53. The fourth-order valence-corrected chi connectivity index (χ4v) is 1.20. The minimum absolute atomic E-state index is 0.182. The molecule has 0 aromatic heterocycles. The van der Waals surface area contributed by atoms with Gasteiger partial charge in [-0.2, -0.15) is 0 Å². The van der Waals surface area contributed by atoms with Crippen molar-refractivity contribution in [3.05, 3.63) is 41.2 Å². The first-order chi connectivity index (χ1) is 6.74. The average Bonchev–Trinajstić information content (AvgIpc) is 2.18. The lowest BCUT2D eigenvalue weighted by Gasteiger charge is -2.00. The Kier molecular flexibility index (Phi) is 4.33. The van der Waals surface area contributed by atoms with Crippen LogP contribution in [0.1, 0.15) is 18.1 Å². The second-order valence-electron chi connectivity index (χ2n) is 3.21. The Labute approximate surface area is 84.6 Å². The fourth-order valence-electron chi connectivity index (χ4n) is 1.20. The van der Waals surface area contributed by atoms with Crippen LogP contribution >= 0.6 is 0 Å². The lowest BCUT2D eigenvalue weighted by atomic mass is 10.1. The van der Waals surface area contributed by atoms with Crippen LogP contribution < -0.4 is 5.32 Å². The zero-order valence-electron chi connectivity index (χ0n) is 8.68. The molecule has 1 N–H and O–H groups in total. The van der Waals surface area contributed by atoms with Crippen molar-refractivity contribution in [3.8, 4) is 0 Å². The van der Waals surface area contributed by atoms with Gasteiger partial charge in [0.25, 0.3) is 0 Å². The van der Waals surface area contributed by atoms with Gasteiger partial charge in [0.1, 0.15) is 5.82 Å².